The van der Waals surface area contributed by atoms with E-state index in [1.165, 1.54) is 0 Å². The first-order chi connectivity index (χ1) is 15.0. The van der Waals surface area contributed by atoms with Crippen LogP contribution in [0.3, 0.4) is 0 Å². The number of rotatable bonds is 2. The van der Waals surface area contributed by atoms with E-state index in [0.717, 1.165) is 23.1 Å². The number of amides is 2. The van der Waals surface area contributed by atoms with Gasteiger partial charge in [-0.2, -0.15) is 0 Å². The lowest BCUT2D eigenvalue weighted by Crippen LogP contribution is -2.52. The van der Waals surface area contributed by atoms with Crippen molar-refractivity contribution in [1.29, 1.82) is 0 Å². The molecule has 4 aliphatic heterocycles. The molecule has 8 heteroatoms. The molecule has 3 fully saturated rings. The van der Waals surface area contributed by atoms with Crippen LogP contribution in [0.15, 0.2) is 18.2 Å². The van der Waals surface area contributed by atoms with Gasteiger partial charge in [0.05, 0.1) is 28.6 Å². The largest absolute Gasteiger partial charge is 0.494 e. The normalized spacial score (nSPS) is 30.0. The molecule has 1 unspecified atom stereocenters. The van der Waals surface area contributed by atoms with Gasteiger partial charge in [0.1, 0.15) is 0 Å². The van der Waals surface area contributed by atoms with E-state index in [0.29, 0.717) is 39.1 Å². The predicted octanol–water partition coefficient (Wildman–Crippen LogP) is 2.22. The summed E-state index contributed by atoms with van der Waals surface area (Å²) in [5.41, 5.74) is 0.916. The van der Waals surface area contributed by atoms with Gasteiger partial charge in [0.25, 0.3) is 0 Å². The molecule has 32 heavy (non-hydrogen) atoms. The Morgan fingerprint density at radius 1 is 1.03 bits per heavy atom. The molecule has 0 aromatic heterocycles. The fraction of sp³-hybridized carbons (Fsp3) is 0.667. The van der Waals surface area contributed by atoms with Gasteiger partial charge in [0.2, 0.25) is 11.8 Å². The van der Waals surface area contributed by atoms with Crippen LogP contribution in [0.2, 0.25) is 0 Å². The molecular formula is C24H33BN2O5. The molecule has 1 spiro atoms. The molecule has 2 amide bonds. The van der Waals surface area contributed by atoms with Gasteiger partial charge in [-0.3, -0.25) is 9.59 Å². The van der Waals surface area contributed by atoms with Crippen LogP contribution in [-0.4, -0.2) is 61.3 Å². The van der Waals surface area contributed by atoms with Crippen LogP contribution in [0.25, 0.3) is 0 Å². The van der Waals surface area contributed by atoms with E-state index in [4.69, 9.17) is 14.0 Å². The minimum atomic E-state index is -0.576. The van der Waals surface area contributed by atoms with E-state index in [1.807, 2.05) is 57.7 Å². The highest BCUT2D eigenvalue weighted by molar-refractivity contribution is 6.62. The Labute approximate surface area is 190 Å². The van der Waals surface area contributed by atoms with E-state index in [9.17, 15) is 9.59 Å². The van der Waals surface area contributed by atoms with Crippen LogP contribution in [0, 0.1) is 5.41 Å². The van der Waals surface area contributed by atoms with E-state index in [1.54, 1.807) is 0 Å². The lowest BCUT2D eigenvalue weighted by atomic mass is 9.71. The SMILES string of the molecule is CC1(C(=O)N2CCC3(CC2)C(=O)Nc2cc(B4OC(C)(C)C(C)(C)O4)ccc23)CCOC1. The summed E-state index contributed by atoms with van der Waals surface area (Å²) in [6, 6.07) is 6.03. The molecule has 4 heterocycles. The Morgan fingerprint density at radius 3 is 2.28 bits per heavy atom. The van der Waals surface area contributed by atoms with Crippen LogP contribution in [0.4, 0.5) is 5.69 Å². The Morgan fingerprint density at radius 2 is 1.69 bits per heavy atom. The van der Waals surface area contributed by atoms with Crippen molar-refractivity contribution in [2.75, 3.05) is 31.6 Å². The number of ether oxygens (including phenoxy) is 1. The number of carbonyl (C=O) groups is 2. The zero-order valence-corrected chi connectivity index (χ0v) is 19.7. The molecular weight excluding hydrogens is 407 g/mol. The molecule has 1 aromatic rings. The van der Waals surface area contributed by atoms with E-state index < -0.39 is 29.2 Å². The van der Waals surface area contributed by atoms with Crippen LogP contribution in [0.5, 0.6) is 0 Å². The zero-order chi connectivity index (χ0) is 22.9. The molecule has 1 aromatic carbocycles. The fourth-order valence-corrected chi connectivity index (χ4v) is 5.38. The average molecular weight is 440 g/mol. The highest BCUT2D eigenvalue weighted by atomic mass is 16.7. The van der Waals surface area contributed by atoms with Crippen LogP contribution in [-0.2, 0) is 29.0 Å². The lowest BCUT2D eigenvalue weighted by molar-refractivity contribution is -0.144. The van der Waals surface area contributed by atoms with Crippen molar-refractivity contribution in [3.8, 4) is 0 Å². The summed E-state index contributed by atoms with van der Waals surface area (Å²) >= 11 is 0. The highest BCUT2D eigenvalue weighted by Crippen LogP contribution is 2.46. The van der Waals surface area contributed by atoms with Crippen molar-refractivity contribution >= 4 is 30.1 Å². The standard InChI is InChI=1S/C24H33BN2O5/c1-21(2)22(3,4)32-25(31-21)16-6-7-17-18(14-16)26-19(28)24(17)8-11-27(12-9-24)20(29)23(5)10-13-30-15-23/h6-7,14H,8-13,15H2,1-5H3,(H,26,28). The van der Waals surface area contributed by atoms with Gasteiger partial charge >= 0.3 is 7.12 Å². The Bertz CT molecular complexity index is 945. The summed E-state index contributed by atoms with van der Waals surface area (Å²) in [4.78, 5) is 28.1. The minimum Gasteiger partial charge on any atom is -0.399 e. The third-order valence-electron chi connectivity index (χ3n) is 8.41. The average Bonchev–Trinajstić information content (AvgIpc) is 3.36. The van der Waals surface area contributed by atoms with Crippen molar-refractivity contribution in [1.82, 2.24) is 4.90 Å². The maximum atomic E-state index is 13.1. The summed E-state index contributed by atoms with van der Waals surface area (Å²) in [6.07, 6.45) is 2.02. The molecule has 3 saturated heterocycles. The van der Waals surface area contributed by atoms with Gasteiger partial charge in [-0.1, -0.05) is 12.1 Å². The van der Waals surface area contributed by atoms with Gasteiger partial charge in [-0.05, 0) is 71.0 Å². The molecule has 1 atom stereocenters. The monoisotopic (exact) mass is 440 g/mol. The number of anilines is 1. The molecule has 5 rings (SSSR count). The molecule has 0 saturated carbocycles. The summed E-state index contributed by atoms with van der Waals surface area (Å²) < 4.78 is 17.8. The lowest BCUT2D eigenvalue weighted by Gasteiger charge is -2.40. The fourth-order valence-electron chi connectivity index (χ4n) is 5.38. The number of hydrogen-bond donors (Lipinski definition) is 1. The molecule has 0 bridgehead atoms. The molecule has 7 nitrogen and oxygen atoms in total. The topological polar surface area (TPSA) is 77.1 Å². The van der Waals surface area contributed by atoms with Crippen molar-refractivity contribution in [2.24, 2.45) is 5.41 Å². The van der Waals surface area contributed by atoms with E-state index >= 15 is 0 Å². The second-order valence-electron chi connectivity index (χ2n) is 11.1. The van der Waals surface area contributed by atoms with Gasteiger partial charge < -0.3 is 24.3 Å². The van der Waals surface area contributed by atoms with Gasteiger partial charge in [0, 0.05) is 25.4 Å². The van der Waals surface area contributed by atoms with Gasteiger partial charge in [-0.25, -0.2) is 0 Å². The number of nitrogens with zero attached hydrogens (tertiary/aromatic N) is 1. The second kappa shape index (κ2) is 7.05. The van der Waals surface area contributed by atoms with Crippen LogP contribution in [0.1, 0.15) is 59.4 Å². The maximum Gasteiger partial charge on any atom is 0.494 e. The van der Waals surface area contributed by atoms with E-state index in [2.05, 4.69) is 5.32 Å². The Hall–Kier alpha value is -1.90. The summed E-state index contributed by atoms with van der Waals surface area (Å²) in [7, 11) is -0.465. The number of fused-ring (bicyclic) bond motifs is 2. The number of hydrogen-bond acceptors (Lipinski definition) is 5. The predicted molar refractivity (Wildman–Crippen MR) is 122 cm³/mol. The number of piperidine rings is 1. The van der Waals surface area contributed by atoms with Crippen molar-refractivity contribution in [3.63, 3.8) is 0 Å². The first-order valence-electron chi connectivity index (χ1n) is 11.7. The maximum absolute atomic E-state index is 13.1. The number of nitrogens with one attached hydrogen (secondary N) is 1. The Balaban J connectivity index is 1.34. The first-order valence-corrected chi connectivity index (χ1v) is 11.7. The minimum absolute atomic E-state index is 0.0288. The molecule has 4 aliphatic rings. The quantitative estimate of drug-likeness (QED) is 0.714. The van der Waals surface area contributed by atoms with E-state index in [-0.39, 0.29) is 11.8 Å². The number of likely N-dealkylation sites (tertiary alicyclic amines) is 1. The van der Waals surface area contributed by atoms with Gasteiger partial charge in [0.15, 0.2) is 0 Å². The summed E-state index contributed by atoms with van der Waals surface area (Å²) in [6.45, 7) is 12.4. The number of benzene rings is 1. The van der Waals surface area contributed by atoms with Crippen LogP contribution >= 0.6 is 0 Å². The third-order valence-corrected chi connectivity index (χ3v) is 8.41. The third kappa shape index (κ3) is 3.14. The van der Waals surface area contributed by atoms with Crippen molar-refractivity contribution in [2.45, 2.75) is 70.5 Å². The smallest absolute Gasteiger partial charge is 0.399 e. The molecule has 0 aliphatic carbocycles. The molecule has 0 radical (unpaired) electrons. The second-order valence-corrected chi connectivity index (χ2v) is 11.1. The highest BCUT2D eigenvalue weighted by Gasteiger charge is 2.54. The Kier molecular flexibility index (Phi) is 4.83. The molecule has 172 valence electrons. The van der Waals surface area contributed by atoms with Crippen LogP contribution < -0.4 is 10.8 Å². The number of carbonyl (C=O) groups excluding carboxylic acids is 2. The van der Waals surface area contributed by atoms with Crippen molar-refractivity contribution < 1.29 is 23.6 Å². The molecule has 1 N–H and O–H groups in total. The zero-order valence-electron chi connectivity index (χ0n) is 19.7. The van der Waals surface area contributed by atoms with Crippen molar-refractivity contribution in [3.05, 3.63) is 23.8 Å². The summed E-state index contributed by atoms with van der Waals surface area (Å²) in [5, 5.41) is 3.10. The first kappa shape index (κ1) is 21.9. The summed E-state index contributed by atoms with van der Waals surface area (Å²) in [5.74, 6) is 0.181. The van der Waals surface area contributed by atoms with Gasteiger partial charge in [-0.15, -0.1) is 0 Å².